The predicted molar refractivity (Wildman–Crippen MR) is 123 cm³/mol. The maximum Gasteiger partial charge on any atom is 0.339 e. The van der Waals surface area contributed by atoms with Crippen LogP contribution in [0.25, 0.3) is 6.08 Å². The van der Waals surface area contributed by atoms with Gasteiger partial charge in [-0.3, -0.25) is 15.0 Å². The van der Waals surface area contributed by atoms with E-state index in [-0.39, 0.29) is 17.1 Å². The third kappa shape index (κ3) is 4.08. The van der Waals surface area contributed by atoms with Crippen LogP contribution in [0.4, 0.5) is 35.4 Å². The summed E-state index contributed by atoms with van der Waals surface area (Å²) in [4.78, 5) is 38.4. The Morgan fingerprint density at radius 1 is 0.882 bits per heavy atom. The highest BCUT2D eigenvalue weighted by molar-refractivity contribution is 6.22. The number of para-hydroxylation sites is 2. The van der Waals surface area contributed by atoms with Crippen molar-refractivity contribution in [2.24, 2.45) is 0 Å². The number of nitro benzene ring substituents is 1. The maximum absolute atomic E-state index is 14.7. The van der Waals surface area contributed by atoms with E-state index in [0.717, 1.165) is 15.9 Å². The van der Waals surface area contributed by atoms with Crippen molar-refractivity contribution >= 4 is 35.2 Å². The minimum absolute atomic E-state index is 0.141. The third-order valence-electron chi connectivity index (χ3n) is 5.26. The van der Waals surface area contributed by atoms with Crippen LogP contribution in [0.2, 0.25) is 0 Å². The van der Waals surface area contributed by atoms with Gasteiger partial charge in [0.2, 0.25) is 5.66 Å². The van der Waals surface area contributed by atoms with E-state index in [1.54, 1.807) is 36.4 Å². The molecule has 0 radical (unpaired) electrons. The molecular weight excluding hydrogens is 446 g/mol. The topological polar surface area (TPSA) is 95.8 Å². The second-order valence-electron chi connectivity index (χ2n) is 7.36. The summed E-state index contributed by atoms with van der Waals surface area (Å²) in [6.07, 6.45) is -0.922. The molecule has 1 fully saturated rings. The monoisotopic (exact) mass is 464 g/mol. The number of carbonyl (C=O) groups is 2. The van der Waals surface area contributed by atoms with Crippen LogP contribution < -0.4 is 15.1 Å². The smallest absolute Gasteiger partial charge is 0.306 e. The van der Waals surface area contributed by atoms with Gasteiger partial charge in [0, 0.05) is 17.8 Å². The lowest BCUT2D eigenvalue weighted by atomic mass is 10.0. The lowest BCUT2D eigenvalue weighted by molar-refractivity contribution is -0.384. The van der Waals surface area contributed by atoms with Crippen molar-refractivity contribution < 1.29 is 23.3 Å². The first-order chi connectivity index (χ1) is 16.3. The van der Waals surface area contributed by atoms with Gasteiger partial charge in [-0.05, 0) is 48.0 Å². The number of alkyl halides is 2. The van der Waals surface area contributed by atoms with Crippen LogP contribution in [-0.4, -0.2) is 29.1 Å². The van der Waals surface area contributed by atoms with Gasteiger partial charge in [0.1, 0.15) is 0 Å². The highest BCUT2D eigenvalue weighted by Gasteiger charge is 2.54. The number of rotatable bonds is 6. The van der Waals surface area contributed by atoms with Gasteiger partial charge in [-0.25, -0.2) is 23.3 Å². The van der Waals surface area contributed by atoms with E-state index in [1.165, 1.54) is 54.6 Å². The van der Waals surface area contributed by atoms with Crippen molar-refractivity contribution in [3.8, 4) is 0 Å². The maximum atomic E-state index is 14.7. The highest BCUT2D eigenvalue weighted by Crippen LogP contribution is 2.35. The van der Waals surface area contributed by atoms with Gasteiger partial charge >= 0.3 is 12.1 Å². The van der Waals surface area contributed by atoms with Gasteiger partial charge < -0.3 is 5.32 Å². The normalized spacial score (nSPS) is 18.4. The fraction of sp³-hybridized carbons (Fsp3) is 0.0833. The summed E-state index contributed by atoms with van der Waals surface area (Å²) in [7, 11) is 0. The molecule has 0 spiro atoms. The zero-order valence-electron chi connectivity index (χ0n) is 17.5. The van der Waals surface area contributed by atoms with Crippen LogP contribution in [0.1, 0.15) is 5.56 Å². The lowest BCUT2D eigenvalue weighted by Gasteiger charge is -2.47. The Morgan fingerprint density at radius 3 is 1.97 bits per heavy atom. The summed E-state index contributed by atoms with van der Waals surface area (Å²) in [5.41, 5.74) is -1.95. The Morgan fingerprint density at radius 2 is 1.44 bits per heavy atom. The number of hydrogen-bond acceptors (Lipinski definition) is 4. The molecule has 1 saturated heterocycles. The van der Waals surface area contributed by atoms with Crippen LogP contribution in [-0.2, 0) is 0 Å². The Kier molecular flexibility index (Phi) is 6.05. The number of nitro groups is 1. The van der Waals surface area contributed by atoms with E-state index >= 15 is 0 Å². The molecule has 1 aliphatic rings. The summed E-state index contributed by atoms with van der Waals surface area (Å²) >= 11 is 0. The van der Waals surface area contributed by atoms with Gasteiger partial charge in [0.15, 0.2) is 0 Å². The Labute approximate surface area is 192 Å². The van der Waals surface area contributed by atoms with E-state index in [2.05, 4.69) is 5.32 Å². The first-order valence-corrected chi connectivity index (χ1v) is 10.1. The number of non-ortho nitro benzene ring substituents is 1. The first-order valence-electron chi connectivity index (χ1n) is 10.1. The minimum Gasteiger partial charge on any atom is -0.306 e. The number of benzene rings is 3. The number of nitrogens with zero attached hydrogens (tertiary/aromatic N) is 3. The second kappa shape index (κ2) is 9.10. The Balaban J connectivity index is 1.81. The molecule has 34 heavy (non-hydrogen) atoms. The van der Waals surface area contributed by atoms with E-state index in [0.29, 0.717) is 5.56 Å². The Hall–Kier alpha value is -4.60. The van der Waals surface area contributed by atoms with E-state index < -0.39 is 29.1 Å². The highest BCUT2D eigenvalue weighted by atomic mass is 19.3. The van der Waals surface area contributed by atoms with Gasteiger partial charge in [0.25, 0.3) is 12.1 Å². The van der Waals surface area contributed by atoms with Gasteiger partial charge in [-0.2, -0.15) is 0 Å². The van der Waals surface area contributed by atoms with Crippen LogP contribution in [0.5, 0.6) is 0 Å². The average molecular weight is 464 g/mol. The molecule has 1 heterocycles. The number of amides is 4. The Bertz CT molecular complexity index is 1240. The number of anilines is 2. The fourth-order valence-corrected chi connectivity index (χ4v) is 3.61. The van der Waals surface area contributed by atoms with Crippen LogP contribution in [0, 0.1) is 10.1 Å². The van der Waals surface area contributed by atoms with E-state index in [9.17, 15) is 28.5 Å². The molecule has 0 aliphatic carbocycles. The zero-order chi connectivity index (χ0) is 24.3. The van der Waals surface area contributed by atoms with Crippen molar-refractivity contribution in [1.29, 1.82) is 0 Å². The molecular formula is C24H18F2N4O4. The molecule has 1 N–H and O–H groups in total. The molecule has 1 aliphatic heterocycles. The van der Waals surface area contributed by atoms with Gasteiger partial charge in [-0.1, -0.05) is 42.5 Å². The fourth-order valence-electron chi connectivity index (χ4n) is 3.61. The molecule has 1 atom stereocenters. The largest absolute Gasteiger partial charge is 0.339 e. The van der Waals surface area contributed by atoms with Gasteiger partial charge in [-0.15, -0.1) is 0 Å². The number of carbonyl (C=O) groups excluding carboxylic acids is 2. The van der Waals surface area contributed by atoms with E-state index in [1.807, 2.05) is 0 Å². The molecule has 1 unspecified atom stereocenters. The number of nitrogens with one attached hydrogen (secondary N) is 1. The number of imide groups is 1. The molecule has 10 heteroatoms. The minimum atomic E-state index is -3.21. The van der Waals surface area contributed by atoms with Crippen LogP contribution in [0.3, 0.4) is 0 Å². The molecule has 8 nitrogen and oxygen atoms in total. The first kappa shape index (κ1) is 22.6. The molecule has 0 bridgehead atoms. The quantitative estimate of drug-likeness (QED) is 0.389. The summed E-state index contributed by atoms with van der Waals surface area (Å²) in [6.45, 7) is 0. The molecule has 4 rings (SSSR count). The van der Waals surface area contributed by atoms with Gasteiger partial charge in [0.05, 0.1) is 10.6 Å². The van der Waals surface area contributed by atoms with Crippen molar-refractivity contribution in [3.63, 3.8) is 0 Å². The summed E-state index contributed by atoms with van der Waals surface area (Å²) in [5.74, 6) is 0. The zero-order valence-corrected chi connectivity index (χ0v) is 17.5. The molecule has 0 saturated carbocycles. The van der Waals surface area contributed by atoms with Crippen LogP contribution in [0.15, 0.2) is 91.0 Å². The van der Waals surface area contributed by atoms with E-state index in [4.69, 9.17) is 0 Å². The number of halogens is 2. The second-order valence-corrected chi connectivity index (χ2v) is 7.36. The molecule has 3 aromatic carbocycles. The summed E-state index contributed by atoms with van der Waals surface area (Å²) < 4.78 is 29.4. The molecule has 172 valence electrons. The lowest BCUT2D eigenvalue weighted by Crippen LogP contribution is -2.75. The van der Waals surface area contributed by atoms with Crippen molar-refractivity contribution in [3.05, 3.63) is 107 Å². The molecule has 3 aromatic rings. The summed E-state index contributed by atoms with van der Waals surface area (Å²) in [6, 6.07) is 19.0. The van der Waals surface area contributed by atoms with Crippen LogP contribution >= 0.6 is 0 Å². The average Bonchev–Trinajstić information content (AvgIpc) is 2.84. The molecule has 0 aromatic heterocycles. The number of urea groups is 2. The van der Waals surface area contributed by atoms with Crippen molar-refractivity contribution in [2.45, 2.75) is 12.1 Å². The third-order valence-corrected chi connectivity index (χ3v) is 5.26. The predicted octanol–water partition coefficient (Wildman–Crippen LogP) is 5.43. The summed E-state index contributed by atoms with van der Waals surface area (Å²) in [5, 5.41) is 13.2. The standard InChI is InChI=1S/C24H18F2N4O4/c25-21(26)24(16-15-17-11-13-20(14-12-17)30(33)34)27-22(31)28(18-7-3-1-4-8-18)23(32)29(24)19-9-5-2-6-10-19/h1-16,21H,(H,27,31)/b16-15+. The number of hydrogen-bond donors (Lipinski definition) is 1. The molecule has 4 amide bonds. The van der Waals surface area contributed by atoms with Crippen molar-refractivity contribution in [1.82, 2.24) is 5.32 Å². The SMILES string of the molecule is O=C1NC(/C=C/c2ccc([N+](=O)[O-])cc2)(C(F)F)N(c2ccccc2)C(=O)N1c1ccccc1. The van der Waals surface area contributed by atoms with Crippen molar-refractivity contribution in [2.75, 3.05) is 9.80 Å².